The van der Waals surface area contributed by atoms with E-state index >= 15 is 0 Å². The number of carboxylic acid groups (broad SMARTS) is 1. The van der Waals surface area contributed by atoms with Gasteiger partial charge in [0.25, 0.3) is 0 Å². The molecule has 0 saturated heterocycles. The molecule has 0 bridgehead atoms. The van der Waals surface area contributed by atoms with Gasteiger partial charge in [0.15, 0.2) is 5.78 Å². The Hall–Kier alpha value is -3.31. The molecule has 2 atom stereocenters. The minimum atomic E-state index is -1.18. The van der Waals surface area contributed by atoms with Crippen LogP contribution in [0.3, 0.4) is 0 Å². The second-order valence-electron chi connectivity index (χ2n) is 16.4. The summed E-state index contributed by atoms with van der Waals surface area (Å²) in [6, 6.07) is -1.08. The predicted molar refractivity (Wildman–Crippen MR) is 255 cm³/mol. The Morgan fingerprint density at radius 3 is 1.49 bits per heavy atom. The lowest BCUT2D eigenvalue weighted by atomic mass is 9.95. The monoisotopic (exact) mass is 932 g/mol. The summed E-state index contributed by atoms with van der Waals surface area (Å²) in [5, 5.41) is 25.6. The number of carbonyl (C=O) groups is 7. The van der Waals surface area contributed by atoms with E-state index in [0.717, 1.165) is 25.7 Å². The van der Waals surface area contributed by atoms with Crippen molar-refractivity contribution in [2.75, 3.05) is 72.6 Å². The van der Waals surface area contributed by atoms with Gasteiger partial charge < -0.3 is 49.9 Å². The van der Waals surface area contributed by atoms with Crippen LogP contribution < -0.4 is 16.0 Å². The number of aliphatic hydroxyl groups is 1. The first-order valence-corrected chi connectivity index (χ1v) is 24.4. The molecule has 0 aliphatic heterocycles. The van der Waals surface area contributed by atoms with Crippen molar-refractivity contribution < 1.29 is 62.7 Å². The highest BCUT2D eigenvalue weighted by molar-refractivity contribution is 5.84. The van der Waals surface area contributed by atoms with Gasteiger partial charge >= 0.3 is 5.97 Å². The van der Waals surface area contributed by atoms with Crippen molar-refractivity contribution in [3.63, 3.8) is 0 Å². The van der Waals surface area contributed by atoms with Crippen LogP contribution in [0.4, 0.5) is 0 Å². The molecule has 65 heavy (non-hydrogen) atoms. The number of amides is 3. The molecule has 0 saturated carbocycles. The Morgan fingerprint density at radius 2 is 1.02 bits per heavy atom. The maximum Gasteiger partial charge on any atom is 0.326 e. The summed E-state index contributed by atoms with van der Waals surface area (Å²) in [6.45, 7) is 8.75. The smallest absolute Gasteiger partial charge is 0.326 e. The van der Waals surface area contributed by atoms with E-state index in [1.54, 1.807) is 6.92 Å². The molecule has 0 heterocycles. The maximum atomic E-state index is 11.9. The zero-order valence-corrected chi connectivity index (χ0v) is 40.3. The molecule has 382 valence electrons. The third kappa shape index (κ3) is 50.0. The lowest BCUT2D eigenvalue weighted by molar-refractivity contribution is -0.142. The molecule has 0 aromatic carbocycles. The van der Waals surface area contributed by atoms with Crippen LogP contribution in [0.5, 0.6) is 0 Å². The van der Waals surface area contributed by atoms with Crippen LogP contribution in [0.25, 0.3) is 0 Å². The van der Waals surface area contributed by atoms with Gasteiger partial charge in [0.2, 0.25) is 17.7 Å². The van der Waals surface area contributed by atoms with Crippen molar-refractivity contribution in [3.05, 3.63) is 0 Å². The molecule has 0 radical (unpaired) electrons. The van der Waals surface area contributed by atoms with Crippen molar-refractivity contribution in [2.24, 2.45) is 5.92 Å². The number of ether oxygens (including phenoxy) is 4. The van der Waals surface area contributed by atoms with E-state index in [4.69, 9.17) is 29.2 Å². The summed E-state index contributed by atoms with van der Waals surface area (Å²) in [6.07, 6.45) is 25.3. The van der Waals surface area contributed by atoms with Crippen LogP contribution >= 0.6 is 0 Å². The first kappa shape index (κ1) is 66.0. The average Bonchev–Trinajstić information content (AvgIpc) is 3.26. The Kier molecular flexibility index (Phi) is 50.9. The molecule has 5 N–H and O–H groups in total. The number of carboxylic acids is 1. The van der Waals surface area contributed by atoms with Crippen LogP contribution in [0.2, 0.25) is 0 Å². The van der Waals surface area contributed by atoms with E-state index in [2.05, 4.69) is 22.9 Å². The van der Waals surface area contributed by atoms with E-state index in [1.165, 1.54) is 96.8 Å². The molecule has 16 heteroatoms. The van der Waals surface area contributed by atoms with E-state index in [9.17, 15) is 33.6 Å². The Balaban J connectivity index is -0.00000153. The molecule has 0 spiro atoms. The van der Waals surface area contributed by atoms with Gasteiger partial charge in [-0.05, 0) is 45.4 Å². The standard InChI is InChI=1S/C29H51N3O12.C19H38O.CH4/c1-3-23(26(36)19-33)7-4-5-11-30-27(37)20-44-18-16-42-14-12-31-28(38)21-43-17-15-41-13-6-8-24(35)9-10-25(29(39)40)32-22(2)34;1-3-4-5-6-7-8-9-10-11-12-13-14-15-16-17-18-19(2)20;/h23,25,33H,3-21H2,1-2H3,(H,30,37)(H,31,38)(H,32,34)(H,39,40);3-18H2,1-2H3;1H4/t23-,25-;;/m0../s1. The van der Waals surface area contributed by atoms with Gasteiger partial charge in [-0.15, -0.1) is 0 Å². The number of ketones is 3. The Morgan fingerprint density at radius 1 is 0.523 bits per heavy atom. The van der Waals surface area contributed by atoms with Crippen molar-refractivity contribution in [1.82, 2.24) is 16.0 Å². The number of nitrogens with one attached hydrogen (secondary N) is 3. The van der Waals surface area contributed by atoms with Crippen LogP contribution in [0.15, 0.2) is 0 Å². The van der Waals surface area contributed by atoms with Gasteiger partial charge in [0.05, 0.1) is 33.0 Å². The SMILES string of the molecule is C.CCCCCCCCCCCCCCCCCC(C)=O.CC[C@@H](CCCCNC(=O)COCCOCCNC(=O)COCCOCCCC(=O)CC[C@H](NC(C)=O)C(=O)O)C(=O)CO. The zero-order chi connectivity index (χ0) is 47.9. The van der Waals surface area contributed by atoms with Crippen LogP contribution in [0, 0.1) is 5.92 Å². The van der Waals surface area contributed by atoms with Gasteiger partial charge in [-0.2, -0.15) is 0 Å². The molecule has 0 aliphatic carbocycles. The molecule has 3 amide bonds. The summed E-state index contributed by atoms with van der Waals surface area (Å²) in [4.78, 5) is 79.8. The minimum Gasteiger partial charge on any atom is -0.480 e. The van der Waals surface area contributed by atoms with Crippen LogP contribution in [-0.4, -0.2) is 130 Å². The molecular weight excluding hydrogens is 839 g/mol. The average molecular weight is 932 g/mol. The predicted octanol–water partition coefficient (Wildman–Crippen LogP) is 7.23. The third-order valence-corrected chi connectivity index (χ3v) is 10.4. The van der Waals surface area contributed by atoms with Crippen LogP contribution in [-0.2, 0) is 52.5 Å². The molecule has 0 fully saturated rings. The third-order valence-electron chi connectivity index (χ3n) is 10.4. The Bertz CT molecular complexity index is 1200. The number of aliphatic carboxylic acids is 1. The number of rotatable bonds is 46. The number of hydrogen-bond donors (Lipinski definition) is 5. The summed E-state index contributed by atoms with van der Waals surface area (Å²) >= 11 is 0. The van der Waals surface area contributed by atoms with Gasteiger partial charge in [-0.1, -0.05) is 118 Å². The normalized spacial score (nSPS) is 11.6. The number of unbranched alkanes of at least 4 members (excludes halogenated alkanes) is 15. The second-order valence-corrected chi connectivity index (χ2v) is 16.4. The first-order chi connectivity index (χ1) is 30.9. The highest BCUT2D eigenvalue weighted by Crippen LogP contribution is 2.15. The number of carbonyl (C=O) groups excluding carboxylic acids is 6. The fourth-order valence-corrected chi connectivity index (χ4v) is 6.65. The van der Waals surface area contributed by atoms with E-state index in [0.29, 0.717) is 38.2 Å². The number of Topliss-reactive ketones (excluding diaryl/α,β-unsaturated/α-hetero) is 3. The highest BCUT2D eigenvalue weighted by atomic mass is 16.5. The molecule has 0 rings (SSSR count). The largest absolute Gasteiger partial charge is 0.480 e. The summed E-state index contributed by atoms with van der Waals surface area (Å²) < 4.78 is 21.2. The highest BCUT2D eigenvalue weighted by Gasteiger charge is 2.19. The minimum absolute atomic E-state index is 0. The molecule has 16 nitrogen and oxygen atoms in total. The van der Waals surface area contributed by atoms with Gasteiger partial charge in [0, 0.05) is 51.8 Å². The summed E-state index contributed by atoms with van der Waals surface area (Å²) in [7, 11) is 0. The fourth-order valence-electron chi connectivity index (χ4n) is 6.65. The molecule has 0 aromatic heterocycles. The van der Waals surface area contributed by atoms with Crippen molar-refractivity contribution >= 4 is 41.0 Å². The van der Waals surface area contributed by atoms with Crippen molar-refractivity contribution in [1.29, 1.82) is 0 Å². The summed E-state index contributed by atoms with van der Waals surface area (Å²) in [5.74, 6) is -2.23. The number of hydrogen-bond acceptors (Lipinski definition) is 12. The molecule has 0 aliphatic rings. The van der Waals surface area contributed by atoms with Gasteiger partial charge in [-0.3, -0.25) is 24.0 Å². The lowest BCUT2D eigenvalue weighted by Gasteiger charge is -2.12. The lowest BCUT2D eigenvalue weighted by Crippen LogP contribution is -2.39. The van der Waals surface area contributed by atoms with Crippen molar-refractivity contribution in [3.8, 4) is 0 Å². The van der Waals surface area contributed by atoms with E-state index in [1.807, 2.05) is 6.92 Å². The van der Waals surface area contributed by atoms with E-state index in [-0.39, 0.29) is 109 Å². The summed E-state index contributed by atoms with van der Waals surface area (Å²) in [5.41, 5.74) is 0. The molecule has 0 unspecified atom stereocenters. The number of aliphatic hydroxyl groups excluding tert-OH is 1. The first-order valence-electron chi connectivity index (χ1n) is 24.4. The van der Waals surface area contributed by atoms with Crippen LogP contribution in [0.1, 0.15) is 189 Å². The molecule has 0 aromatic rings. The molecular formula is C49H93N3O13. The van der Waals surface area contributed by atoms with E-state index < -0.39 is 24.5 Å². The topological polar surface area (TPSA) is 233 Å². The fraction of sp³-hybridized carbons (Fsp3) is 0.857. The van der Waals surface area contributed by atoms with Gasteiger partial charge in [0.1, 0.15) is 37.4 Å². The quantitative estimate of drug-likeness (QED) is 0.0380. The van der Waals surface area contributed by atoms with Gasteiger partial charge in [-0.25, -0.2) is 4.79 Å². The zero-order valence-electron chi connectivity index (χ0n) is 40.3. The Labute approximate surface area is 392 Å². The maximum absolute atomic E-state index is 11.9. The second kappa shape index (κ2) is 50.1. The van der Waals surface area contributed by atoms with Crippen molar-refractivity contribution in [2.45, 2.75) is 195 Å².